The first-order chi connectivity index (χ1) is 7.18. The molecule has 0 radical (unpaired) electrons. The van der Waals surface area contributed by atoms with E-state index in [-0.39, 0.29) is 0 Å². The smallest absolute Gasteiger partial charge is 0.0587 e. The quantitative estimate of drug-likeness (QED) is 0.688. The van der Waals surface area contributed by atoms with Gasteiger partial charge >= 0.3 is 0 Å². The standard InChI is InChI=1S/C7H16.C4H11NO.C2H6/c1-4-5-6-7(2)3;1-5-3-4-6-2;1-2/h7H,4-6H2,1-3H3;5H,3-4H2,1-2H3;1-2H3. The number of hydrogen-bond acceptors (Lipinski definition) is 2. The summed E-state index contributed by atoms with van der Waals surface area (Å²) >= 11 is 0. The highest BCUT2D eigenvalue weighted by molar-refractivity contribution is 4.42. The number of rotatable bonds is 6. The maximum Gasteiger partial charge on any atom is 0.0587 e. The van der Waals surface area contributed by atoms with Gasteiger partial charge in [-0.3, -0.25) is 0 Å². The van der Waals surface area contributed by atoms with Crippen molar-refractivity contribution >= 4 is 0 Å². The molecule has 0 aliphatic heterocycles. The zero-order chi connectivity index (χ0) is 12.5. The minimum absolute atomic E-state index is 0.802. The Morgan fingerprint density at radius 2 is 1.73 bits per heavy atom. The highest BCUT2D eigenvalue weighted by atomic mass is 16.5. The van der Waals surface area contributed by atoms with E-state index >= 15 is 0 Å². The molecule has 0 unspecified atom stereocenters. The molecule has 2 nitrogen and oxygen atoms in total. The van der Waals surface area contributed by atoms with Crippen molar-refractivity contribution in [2.75, 3.05) is 27.3 Å². The van der Waals surface area contributed by atoms with Crippen molar-refractivity contribution in [2.45, 2.75) is 53.9 Å². The number of ether oxygens (including phenoxy) is 1. The molecule has 0 aliphatic rings. The van der Waals surface area contributed by atoms with E-state index in [1.165, 1.54) is 19.3 Å². The van der Waals surface area contributed by atoms with Crippen molar-refractivity contribution in [2.24, 2.45) is 5.92 Å². The minimum atomic E-state index is 0.802. The zero-order valence-corrected chi connectivity index (χ0v) is 12.0. The van der Waals surface area contributed by atoms with Gasteiger partial charge in [0.2, 0.25) is 0 Å². The summed E-state index contributed by atoms with van der Waals surface area (Å²) in [6, 6.07) is 0. The third kappa shape index (κ3) is 41.3. The summed E-state index contributed by atoms with van der Waals surface area (Å²) in [7, 11) is 3.59. The molecule has 0 saturated carbocycles. The van der Waals surface area contributed by atoms with Crippen LogP contribution >= 0.6 is 0 Å². The number of likely N-dealkylation sites (N-methyl/N-ethyl adjacent to an activating group) is 1. The van der Waals surface area contributed by atoms with Crippen LogP contribution in [0, 0.1) is 5.92 Å². The first kappa shape index (κ1) is 20.3. The molecule has 0 aliphatic carbocycles. The lowest BCUT2D eigenvalue weighted by Crippen LogP contribution is -2.12. The van der Waals surface area contributed by atoms with Crippen molar-refractivity contribution < 1.29 is 4.74 Å². The summed E-state index contributed by atoms with van der Waals surface area (Å²) in [4.78, 5) is 0. The molecule has 0 spiro atoms. The van der Waals surface area contributed by atoms with Gasteiger partial charge in [0.05, 0.1) is 6.61 Å². The fourth-order valence-electron chi connectivity index (χ4n) is 0.816. The second kappa shape index (κ2) is 23.6. The lowest BCUT2D eigenvalue weighted by Gasteiger charge is -1.98. The second-order valence-corrected chi connectivity index (χ2v) is 3.63. The van der Waals surface area contributed by atoms with Crippen molar-refractivity contribution in [3.05, 3.63) is 0 Å². The van der Waals surface area contributed by atoms with Crippen LogP contribution in [0.5, 0.6) is 0 Å². The molecule has 0 fully saturated rings. The summed E-state index contributed by atoms with van der Waals surface area (Å²) in [6.07, 6.45) is 4.15. The minimum Gasteiger partial charge on any atom is -0.383 e. The Hall–Kier alpha value is -0.0800. The van der Waals surface area contributed by atoms with Crippen LogP contribution < -0.4 is 5.32 Å². The van der Waals surface area contributed by atoms with Crippen LogP contribution in [0.1, 0.15) is 53.9 Å². The van der Waals surface area contributed by atoms with Crippen molar-refractivity contribution in [1.29, 1.82) is 0 Å². The van der Waals surface area contributed by atoms with Gasteiger partial charge in [-0.1, -0.05) is 53.9 Å². The predicted molar refractivity (Wildman–Crippen MR) is 71.5 cm³/mol. The van der Waals surface area contributed by atoms with Gasteiger partial charge in [0, 0.05) is 13.7 Å². The average molecular weight is 219 g/mol. The lowest BCUT2D eigenvalue weighted by molar-refractivity contribution is 0.201. The SMILES string of the molecule is CC.CCCCC(C)C.CNCCOC. The van der Waals surface area contributed by atoms with Gasteiger partial charge in [-0.2, -0.15) is 0 Å². The van der Waals surface area contributed by atoms with Crippen LogP contribution in [-0.4, -0.2) is 27.3 Å². The van der Waals surface area contributed by atoms with Crippen molar-refractivity contribution in [3.8, 4) is 0 Å². The molecule has 0 heterocycles. The Kier molecular flexibility index (Phi) is 32.0. The first-order valence-electron chi connectivity index (χ1n) is 6.32. The lowest BCUT2D eigenvalue weighted by atomic mass is 10.1. The van der Waals surface area contributed by atoms with E-state index in [0.717, 1.165) is 19.1 Å². The topological polar surface area (TPSA) is 21.3 Å². The van der Waals surface area contributed by atoms with Gasteiger partial charge < -0.3 is 10.1 Å². The van der Waals surface area contributed by atoms with E-state index in [2.05, 4.69) is 26.1 Å². The molecular weight excluding hydrogens is 186 g/mol. The van der Waals surface area contributed by atoms with Crippen molar-refractivity contribution in [3.63, 3.8) is 0 Å². The van der Waals surface area contributed by atoms with E-state index in [0.29, 0.717) is 0 Å². The van der Waals surface area contributed by atoms with Crippen LogP contribution in [0.15, 0.2) is 0 Å². The summed E-state index contributed by atoms with van der Waals surface area (Å²) in [6.45, 7) is 12.5. The highest BCUT2D eigenvalue weighted by Gasteiger charge is 1.88. The van der Waals surface area contributed by atoms with Crippen LogP contribution in [0.4, 0.5) is 0 Å². The third-order valence-electron chi connectivity index (χ3n) is 1.69. The molecule has 96 valence electrons. The maximum absolute atomic E-state index is 4.72. The van der Waals surface area contributed by atoms with Gasteiger partial charge in [0.15, 0.2) is 0 Å². The van der Waals surface area contributed by atoms with Gasteiger partial charge in [-0.05, 0) is 13.0 Å². The molecule has 0 aromatic heterocycles. The molecule has 0 rings (SSSR count). The maximum atomic E-state index is 4.72. The molecule has 2 heteroatoms. The number of methoxy groups -OCH3 is 1. The predicted octanol–water partition coefficient (Wildman–Crippen LogP) is 3.71. The number of unbranched alkanes of at least 4 members (excludes halogenated alkanes) is 1. The van der Waals surface area contributed by atoms with E-state index < -0.39 is 0 Å². The Morgan fingerprint density at radius 3 is 1.87 bits per heavy atom. The normalized spacial score (nSPS) is 8.80. The Bertz CT molecular complexity index is 70.9. The van der Waals surface area contributed by atoms with E-state index in [4.69, 9.17) is 4.74 Å². The van der Waals surface area contributed by atoms with Crippen molar-refractivity contribution in [1.82, 2.24) is 5.32 Å². The second-order valence-electron chi connectivity index (χ2n) is 3.63. The highest BCUT2D eigenvalue weighted by Crippen LogP contribution is 2.04. The monoisotopic (exact) mass is 219 g/mol. The van der Waals surface area contributed by atoms with Crippen LogP contribution in [0.2, 0.25) is 0 Å². The summed E-state index contributed by atoms with van der Waals surface area (Å²) in [5.74, 6) is 0.903. The number of hydrogen-bond donors (Lipinski definition) is 1. The van der Waals surface area contributed by atoms with Gasteiger partial charge in [-0.25, -0.2) is 0 Å². The molecule has 0 amide bonds. The van der Waals surface area contributed by atoms with Crippen LogP contribution in [0.3, 0.4) is 0 Å². The Labute approximate surface area is 97.8 Å². The Balaban J connectivity index is -0.000000166. The largest absolute Gasteiger partial charge is 0.383 e. The van der Waals surface area contributed by atoms with E-state index in [1.807, 2.05) is 20.9 Å². The molecule has 1 N–H and O–H groups in total. The van der Waals surface area contributed by atoms with Gasteiger partial charge in [-0.15, -0.1) is 0 Å². The fourth-order valence-corrected chi connectivity index (χ4v) is 0.816. The zero-order valence-electron chi connectivity index (χ0n) is 12.0. The molecule has 0 atom stereocenters. The van der Waals surface area contributed by atoms with Gasteiger partial charge in [0.1, 0.15) is 0 Å². The van der Waals surface area contributed by atoms with Crippen LogP contribution in [0.25, 0.3) is 0 Å². The molecule has 0 aromatic carbocycles. The van der Waals surface area contributed by atoms with Crippen LogP contribution in [-0.2, 0) is 4.74 Å². The number of nitrogens with one attached hydrogen (secondary N) is 1. The third-order valence-corrected chi connectivity index (χ3v) is 1.69. The summed E-state index contributed by atoms with van der Waals surface area (Å²) in [5.41, 5.74) is 0. The molecular formula is C13H33NO. The summed E-state index contributed by atoms with van der Waals surface area (Å²) in [5, 5.41) is 2.94. The molecule has 0 saturated heterocycles. The molecule has 0 bridgehead atoms. The van der Waals surface area contributed by atoms with E-state index in [9.17, 15) is 0 Å². The fraction of sp³-hybridized carbons (Fsp3) is 1.00. The Morgan fingerprint density at radius 1 is 1.20 bits per heavy atom. The average Bonchev–Trinajstić information content (AvgIpc) is 2.27. The molecule has 0 aromatic rings. The first-order valence-corrected chi connectivity index (χ1v) is 6.32. The van der Waals surface area contributed by atoms with E-state index in [1.54, 1.807) is 7.11 Å². The summed E-state index contributed by atoms with van der Waals surface area (Å²) < 4.78 is 4.72. The van der Waals surface area contributed by atoms with Gasteiger partial charge in [0.25, 0.3) is 0 Å². The molecule has 15 heavy (non-hydrogen) atoms.